The van der Waals surface area contributed by atoms with Gasteiger partial charge in [0, 0.05) is 38.1 Å². The van der Waals surface area contributed by atoms with Crippen molar-refractivity contribution in [3.05, 3.63) is 54.6 Å². The molecule has 0 amide bonds. The van der Waals surface area contributed by atoms with E-state index in [0.29, 0.717) is 12.0 Å². The Labute approximate surface area is 121 Å². The van der Waals surface area contributed by atoms with Crippen molar-refractivity contribution >= 4 is 0 Å². The molecule has 3 nitrogen and oxygen atoms in total. The second kappa shape index (κ2) is 6.23. The normalized spacial score (nSPS) is 23.2. The van der Waals surface area contributed by atoms with Crippen molar-refractivity contribution in [2.24, 2.45) is 0 Å². The summed E-state index contributed by atoms with van der Waals surface area (Å²) in [7, 11) is 0. The number of hydrogen-bond donors (Lipinski definition) is 0. The summed E-state index contributed by atoms with van der Waals surface area (Å²) in [4.78, 5) is 6.72. The van der Waals surface area contributed by atoms with E-state index in [4.69, 9.17) is 0 Å². The second-order valence-electron chi connectivity index (χ2n) is 5.84. The van der Waals surface area contributed by atoms with E-state index >= 15 is 0 Å². The minimum atomic E-state index is 0.697. The van der Waals surface area contributed by atoms with Crippen molar-refractivity contribution < 1.29 is 0 Å². The van der Waals surface area contributed by atoms with E-state index in [1.807, 2.05) is 18.7 Å². The maximum atomic E-state index is 4.09. The predicted octanol–water partition coefficient (Wildman–Crippen LogP) is 3.15. The summed E-state index contributed by atoms with van der Waals surface area (Å²) in [6.07, 6.45) is 8.28. The molecule has 1 aromatic carbocycles. The van der Waals surface area contributed by atoms with Crippen LogP contribution in [0.4, 0.5) is 0 Å². The number of aromatic nitrogens is 2. The topological polar surface area (TPSA) is 21.1 Å². The van der Waals surface area contributed by atoms with Gasteiger partial charge in [0.25, 0.3) is 0 Å². The molecule has 3 heteroatoms. The van der Waals surface area contributed by atoms with Gasteiger partial charge in [-0.05, 0) is 31.2 Å². The first kappa shape index (κ1) is 13.4. The molecule has 0 bridgehead atoms. The number of imidazole rings is 1. The van der Waals surface area contributed by atoms with E-state index in [-0.39, 0.29) is 0 Å². The molecule has 3 rings (SSSR count). The van der Waals surface area contributed by atoms with Crippen molar-refractivity contribution in [3.63, 3.8) is 0 Å². The van der Waals surface area contributed by atoms with Crippen LogP contribution in [0.2, 0.25) is 0 Å². The largest absolute Gasteiger partial charge is 0.337 e. The summed E-state index contributed by atoms with van der Waals surface area (Å²) in [5, 5.41) is 0. The summed E-state index contributed by atoms with van der Waals surface area (Å²) < 4.78 is 2.16. The lowest BCUT2D eigenvalue weighted by Gasteiger charge is -2.20. The third-order valence-electron chi connectivity index (χ3n) is 4.40. The first-order chi connectivity index (χ1) is 9.83. The lowest BCUT2D eigenvalue weighted by atomic mass is 9.97. The van der Waals surface area contributed by atoms with Gasteiger partial charge >= 0.3 is 0 Å². The standard InChI is InChI=1S/C17H23N3/c1-15-12-17(16-6-3-2-4-7-16)13-20(15)10-5-9-19-11-8-18-14-19/h2-4,6-8,11,14-15,17H,5,9-10,12-13H2,1H3/t15-,17+/m0/s1. The molecule has 1 aromatic heterocycles. The molecule has 1 aliphatic rings. The number of likely N-dealkylation sites (tertiary alicyclic amines) is 1. The summed E-state index contributed by atoms with van der Waals surface area (Å²) in [6.45, 7) is 5.82. The fourth-order valence-corrected chi connectivity index (χ4v) is 3.25. The second-order valence-corrected chi connectivity index (χ2v) is 5.84. The summed E-state index contributed by atoms with van der Waals surface area (Å²) in [5.74, 6) is 0.708. The Morgan fingerprint density at radius 1 is 1.20 bits per heavy atom. The predicted molar refractivity (Wildman–Crippen MR) is 81.7 cm³/mol. The zero-order chi connectivity index (χ0) is 13.8. The van der Waals surface area contributed by atoms with Crippen LogP contribution >= 0.6 is 0 Å². The first-order valence-corrected chi connectivity index (χ1v) is 7.57. The van der Waals surface area contributed by atoms with Gasteiger partial charge in [-0.25, -0.2) is 4.98 Å². The highest BCUT2D eigenvalue weighted by molar-refractivity contribution is 5.21. The molecule has 2 heterocycles. The van der Waals surface area contributed by atoms with E-state index < -0.39 is 0 Å². The minimum absolute atomic E-state index is 0.697. The van der Waals surface area contributed by atoms with E-state index in [0.717, 1.165) is 6.54 Å². The molecule has 20 heavy (non-hydrogen) atoms. The molecule has 1 fully saturated rings. The minimum Gasteiger partial charge on any atom is -0.337 e. The fourth-order valence-electron chi connectivity index (χ4n) is 3.25. The van der Waals surface area contributed by atoms with Gasteiger partial charge in [0.05, 0.1) is 6.33 Å². The van der Waals surface area contributed by atoms with Crippen molar-refractivity contribution in [1.82, 2.24) is 14.5 Å². The smallest absolute Gasteiger partial charge is 0.0945 e. The van der Waals surface area contributed by atoms with Crippen LogP contribution < -0.4 is 0 Å². The molecule has 0 N–H and O–H groups in total. The summed E-state index contributed by atoms with van der Waals surface area (Å²) in [6, 6.07) is 11.6. The molecule has 0 aliphatic carbocycles. The molecule has 0 spiro atoms. The molecular formula is C17H23N3. The third-order valence-corrected chi connectivity index (χ3v) is 4.40. The molecule has 0 saturated carbocycles. The van der Waals surface area contributed by atoms with E-state index in [1.165, 1.54) is 31.5 Å². The van der Waals surface area contributed by atoms with Crippen LogP contribution in [0.25, 0.3) is 0 Å². The molecule has 0 radical (unpaired) electrons. The van der Waals surface area contributed by atoms with Gasteiger partial charge < -0.3 is 4.57 Å². The highest BCUT2D eigenvalue weighted by atomic mass is 15.2. The Morgan fingerprint density at radius 2 is 2.05 bits per heavy atom. The average molecular weight is 269 g/mol. The molecule has 2 atom stereocenters. The van der Waals surface area contributed by atoms with Crippen LogP contribution in [0.3, 0.4) is 0 Å². The Hall–Kier alpha value is -1.61. The van der Waals surface area contributed by atoms with Gasteiger partial charge in [-0.2, -0.15) is 0 Å². The van der Waals surface area contributed by atoms with E-state index in [9.17, 15) is 0 Å². The summed E-state index contributed by atoms with van der Waals surface area (Å²) >= 11 is 0. The van der Waals surface area contributed by atoms with E-state index in [2.05, 4.69) is 51.7 Å². The van der Waals surface area contributed by atoms with Crippen molar-refractivity contribution in [1.29, 1.82) is 0 Å². The van der Waals surface area contributed by atoms with Crippen LogP contribution in [0.5, 0.6) is 0 Å². The van der Waals surface area contributed by atoms with E-state index in [1.54, 1.807) is 0 Å². The molecular weight excluding hydrogens is 246 g/mol. The Morgan fingerprint density at radius 3 is 2.80 bits per heavy atom. The van der Waals surface area contributed by atoms with Gasteiger partial charge in [-0.1, -0.05) is 30.3 Å². The molecule has 2 aromatic rings. The molecule has 1 aliphatic heterocycles. The number of aryl methyl sites for hydroxylation is 1. The van der Waals surface area contributed by atoms with Crippen molar-refractivity contribution in [2.75, 3.05) is 13.1 Å². The van der Waals surface area contributed by atoms with Crippen LogP contribution in [-0.4, -0.2) is 33.6 Å². The third kappa shape index (κ3) is 3.10. The monoisotopic (exact) mass is 269 g/mol. The Kier molecular flexibility index (Phi) is 4.16. The molecule has 1 saturated heterocycles. The summed E-state index contributed by atoms with van der Waals surface area (Å²) in [5.41, 5.74) is 1.50. The van der Waals surface area contributed by atoms with Gasteiger partial charge in [0.15, 0.2) is 0 Å². The van der Waals surface area contributed by atoms with Gasteiger partial charge in [-0.15, -0.1) is 0 Å². The highest BCUT2D eigenvalue weighted by Crippen LogP contribution is 2.31. The number of benzene rings is 1. The van der Waals surface area contributed by atoms with Crippen molar-refractivity contribution in [3.8, 4) is 0 Å². The number of nitrogens with zero attached hydrogens (tertiary/aromatic N) is 3. The fraction of sp³-hybridized carbons (Fsp3) is 0.471. The van der Waals surface area contributed by atoms with Gasteiger partial charge in [-0.3, -0.25) is 4.90 Å². The Balaban J connectivity index is 1.51. The van der Waals surface area contributed by atoms with Crippen molar-refractivity contribution in [2.45, 2.75) is 38.3 Å². The zero-order valence-corrected chi connectivity index (χ0v) is 12.2. The van der Waals surface area contributed by atoms with Gasteiger partial charge in [0.1, 0.15) is 0 Å². The molecule has 0 unspecified atom stereocenters. The van der Waals surface area contributed by atoms with Crippen LogP contribution in [0.15, 0.2) is 49.1 Å². The van der Waals surface area contributed by atoms with Crippen LogP contribution in [-0.2, 0) is 6.54 Å². The maximum absolute atomic E-state index is 4.09. The molecule has 106 valence electrons. The Bertz CT molecular complexity index is 506. The lowest BCUT2D eigenvalue weighted by molar-refractivity contribution is 0.259. The van der Waals surface area contributed by atoms with Crippen LogP contribution in [0, 0.1) is 0 Å². The number of hydrogen-bond acceptors (Lipinski definition) is 2. The van der Waals surface area contributed by atoms with Crippen LogP contribution in [0.1, 0.15) is 31.2 Å². The number of rotatable bonds is 5. The lowest BCUT2D eigenvalue weighted by Crippen LogP contribution is -2.28. The first-order valence-electron chi connectivity index (χ1n) is 7.57. The quantitative estimate of drug-likeness (QED) is 0.831. The highest BCUT2D eigenvalue weighted by Gasteiger charge is 2.29. The SMILES string of the molecule is C[C@H]1C[C@@H](c2ccccc2)CN1CCCn1ccnc1. The maximum Gasteiger partial charge on any atom is 0.0945 e. The average Bonchev–Trinajstić information content (AvgIpc) is 3.11. The zero-order valence-electron chi connectivity index (χ0n) is 12.2. The van der Waals surface area contributed by atoms with Gasteiger partial charge in [0.2, 0.25) is 0 Å².